The Morgan fingerprint density at radius 1 is 1.25 bits per heavy atom. The van der Waals surface area contributed by atoms with Crippen LogP contribution in [-0.2, 0) is 26.3 Å². The number of aryl methyl sites for hydroxylation is 1. The highest BCUT2D eigenvalue weighted by Crippen LogP contribution is 2.31. The van der Waals surface area contributed by atoms with E-state index in [1.165, 1.54) is 11.9 Å². The van der Waals surface area contributed by atoms with Crippen molar-refractivity contribution in [2.24, 2.45) is 7.05 Å². The molecule has 0 radical (unpaired) electrons. The monoisotopic (exact) mass is 342 g/mol. The van der Waals surface area contributed by atoms with Gasteiger partial charge < -0.3 is 9.47 Å². The molecule has 7 nitrogen and oxygen atoms in total. The first-order valence-electron chi connectivity index (χ1n) is 7.50. The van der Waals surface area contributed by atoms with Gasteiger partial charge in [-0.25, -0.2) is 0 Å². The number of alkyl halides is 3. The van der Waals surface area contributed by atoms with E-state index in [2.05, 4.69) is 15.3 Å². The van der Waals surface area contributed by atoms with Gasteiger partial charge in [0.05, 0.1) is 12.1 Å². The summed E-state index contributed by atoms with van der Waals surface area (Å²) in [5.74, 6) is 0.879. The van der Waals surface area contributed by atoms with Crippen LogP contribution in [0.3, 0.4) is 0 Å². The number of fused-ring (bicyclic) bond motifs is 1. The van der Waals surface area contributed by atoms with Crippen LogP contribution in [0.2, 0.25) is 0 Å². The maximum atomic E-state index is 13.0. The zero-order valence-electron chi connectivity index (χ0n) is 13.5. The first kappa shape index (κ1) is 16.5. The van der Waals surface area contributed by atoms with E-state index in [0.717, 1.165) is 16.7 Å². The Labute approximate surface area is 136 Å². The summed E-state index contributed by atoms with van der Waals surface area (Å²) in [6.45, 7) is 4.86. The molecule has 1 amide bonds. The second kappa shape index (κ2) is 5.60. The van der Waals surface area contributed by atoms with Crippen LogP contribution < -0.4 is 0 Å². The number of hydrogen-bond donors (Lipinski definition) is 0. The Hall–Kier alpha value is -2.39. The molecule has 0 aliphatic carbocycles. The van der Waals surface area contributed by atoms with Crippen molar-refractivity contribution in [3.63, 3.8) is 0 Å². The van der Waals surface area contributed by atoms with Crippen molar-refractivity contribution in [3.8, 4) is 0 Å². The fourth-order valence-electron chi connectivity index (χ4n) is 2.81. The van der Waals surface area contributed by atoms with Gasteiger partial charge in [0.2, 0.25) is 0 Å². The van der Waals surface area contributed by atoms with Gasteiger partial charge in [-0.1, -0.05) is 13.8 Å². The highest BCUT2D eigenvalue weighted by Gasteiger charge is 2.40. The van der Waals surface area contributed by atoms with Crippen molar-refractivity contribution in [2.45, 2.75) is 39.0 Å². The maximum Gasteiger partial charge on any atom is 0.435 e. The van der Waals surface area contributed by atoms with Gasteiger partial charge in [-0.2, -0.15) is 18.3 Å². The van der Waals surface area contributed by atoms with Crippen LogP contribution in [0, 0.1) is 0 Å². The molecule has 3 heterocycles. The van der Waals surface area contributed by atoms with Crippen LogP contribution >= 0.6 is 0 Å². The fourth-order valence-corrected chi connectivity index (χ4v) is 2.81. The van der Waals surface area contributed by atoms with Gasteiger partial charge in [-0.3, -0.25) is 9.48 Å². The molecule has 2 aromatic heterocycles. The summed E-state index contributed by atoms with van der Waals surface area (Å²) in [5.41, 5.74) is -1.60. The van der Waals surface area contributed by atoms with Crippen molar-refractivity contribution < 1.29 is 18.0 Å². The number of aromatic nitrogens is 5. The third-order valence-electron chi connectivity index (χ3n) is 3.91. The molecule has 1 aliphatic rings. The van der Waals surface area contributed by atoms with Gasteiger partial charge in [-0.05, 0) is 0 Å². The summed E-state index contributed by atoms with van der Waals surface area (Å²) in [5, 5.41) is 11.5. The lowest BCUT2D eigenvalue weighted by Crippen LogP contribution is -2.39. The highest BCUT2D eigenvalue weighted by atomic mass is 19.4. The molecular weight excluding hydrogens is 325 g/mol. The number of rotatable bonds is 2. The number of carbonyl (C=O) groups excluding carboxylic acids is 1. The van der Waals surface area contributed by atoms with Crippen molar-refractivity contribution in [1.29, 1.82) is 0 Å². The first-order chi connectivity index (χ1) is 11.2. The third kappa shape index (κ3) is 2.76. The minimum atomic E-state index is -4.67. The normalized spacial score (nSPS) is 15.0. The molecule has 0 atom stereocenters. The number of halogens is 3. The smallest absolute Gasteiger partial charge is 0.329 e. The first-order valence-corrected chi connectivity index (χ1v) is 7.50. The molecule has 3 rings (SSSR count). The number of hydrogen-bond acceptors (Lipinski definition) is 4. The quantitative estimate of drug-likeness (QED) is 0.835. The SMILES string of the molecule is CC(C)c1nnc2n1CCN(C(=O)c1cn(C)nc1C(F)(F)F)C2. The Balaban J connectivity index is 1.88. The molecule has 0 bridgehead atoms. The number of nitrogens with zero attached hydrogens (tertiary/aromatic N) is 6. The standard InChI is InChI=1S/C14H17F3N6O/c1-8(2)12-19-18-10-7-22(4-5-23(10)12)13(24)9-6-21(3)20-11(9)14(15,16)17/h6,8H,4-5,7H2,1-3H3. The molecule has 0 fully saturated rings. The summed E-state index contributed by atoms with van der Waals surface area (Å²) in [4.78, 5) is 13.9. The van der Waals surface area contributed by atoms with E-state index in [0.29, 0.717) is 18.9 Å². The van der Waals surface area contributed by atoms with Crippen molar-refractivity contribution in [2.75, 3.05) is 6.54 Å². The highest BCUT2D eigenvalue weighted by molar-refractivity contribution is 5.95. The van der Waals surface area contributed by atoms with Crippen LogP contribution in [0.4, 0.5) is 13.2 Å². The molecule has 10 heteroatoms. The molecule has 1 aliphatic heterocycles. The summed E-state index contributed by atoms with van der Waals surface area (Å²) < 4.78 is 42.1. The minimum Gasteiger partial charge on any atom is -0.329 e. The Kier molecular flexibility index (Phi) is 3.84. The average molecular weight is 342 g/mol. The summed E-state index contributed by atoms with van der Waals surface area (Å²) in [6.07, 6.45) is -3.57. The fraction of sp³-hybridized carbons (Fsp3) is 0.571. The van der Waals surface area contributed by atoms with E-state index in [9.17, 15) is 18.0 Å². The predicted molar refractivity (Wildman–Crippen MR) is 77.1 cm³/mol. The lowest BCUT2D eigenvalue weighted by molar-refractivity contribution is -0.141. The van der Waals surface area contributed by atoms with Crippen LogP contribution in [-0.4, -0.2) is 41.9 Å². The maximum absolute atomic E-state index is 13.0. The van der Waals surface area contributed by atoms with Crippen LogP contribution in [0.1, 0.15) is 47.5 Å². The summed E-state index contributed by atoms with van der Waals surface area (Å²) in [6, 6.07) is 0. The Morgan fingerprint density at radius 3 is 2.58 bits per heavy atom. The molecular formula is C14H17F3N6O. The average Bonchev–Trinajstić information content (AvgIpc) is 3.08. The van der Waals surface area contributed by atoms with E-state index < -0.39 is 23.3 Å². The van der Waals surface area contributed by atoms with E-state index in [-0.39, 0.29) is 12.5 Å². The van der Waals surface area contributed by atoms with Gasteiger partial charge in [0.25, 0.3) is 5.91 Å². The van der Waals surface area contributed by atoms with Gasteiger partial charge in [0.15, 0.2) is 11.5 Å². The second-order valence-corrected chi connectivity index (χ2v) is 6.07. The van der Waals surface area contributed by atoms with Crippen LogP contribution in [0.15, 0.2) is 6.20 Å². The molecule has 24 heavy (non-hydrogen) atoms. The van der Waals surface area contributed by atoms with Crippen LogP contribution in [0.25, 0.3) is 0 Å². The Morgan fingerprint density at radius 2 is 1.96 bits per heavy atom. The van der Waals surface area contributed by atoms with Crippen molar-refractivity contribution in [3.05, 3.63) is 29.1 Å². The largest absolute Gasteiger partial charge is 0.435 e. The third-order valence-corrected chi connectivity index (χ3v) is 3.91. The number of amides is 1. The van der Waals surface area contributed by atoms with E-state index in [4.69, 9.17) is 0 Å². The molecule has 0 unspecified atom stereocenters. The minimum absolute atomic E-state index is 0.130. The predicted octanol–water partition coefficient (Wildman–Crippen LogP) is 1.81. The van der Waals surface area contributed by atoms with Gasteiger partial charge >= 0.3 is 6.18 Å². The van der Waals surface area contributed by atoms with Gasteiger partial charge in [0, 0.05) is 32.3 Å². The Bertz CT molecular complexity index is 776. The zero-order chi connectivity index (χ0) is 17.6. The molecule has 0 spiro atoms. The summed E-state index contributed by atoms with van der Waals surface area (Å²) >= 11 is 0. The van der Waals surface area contributed by atoms with Crippen molar-refractivity contribution in [1.82, 2.24) is 29.4 Å². The molecule has 0 aromatic carbocycles. The molecule has 0 saturated carbocycles. The zero-order valence-corrected chi connectivity index (χ0v) is 13.5. The topological polar surface area (TPSA) is 68.8 Å². The molecule has 2 aromatic rings. The van der Waals surface area contributed by atoms with E-state index in [1.807, 2.05) is 18.4 Å². The van der Waals surface area contributed by atoms with E-state index in [1.54, 1.807) is 0 Å². The molecule has 0 N–H and O–H groups in total. The van der Waals surface area contributed by atoms with E-state index >= 15 is 0 Å². The summed E-state index contributed by atoms with van der Waals surface area (Å²) in [7, 11) is 1.35. The van der Waals surface area contributed by atoms with Gasteiger partial charge in [-0.15, -0.1) is 10.2 Å². The molecule has 130 valence electrons. The van der Waals surface area contributed by atoms with Crippen LogP contribution in [0.5, 0.6) is 0 Å². The second-order valence-electron chi connectivity index (χ2n) is 6.07. The molecule has 0 saturated heterocycles. The lowest BCUT2D eigenvalue weighted by Gasteiger charge is -2.28. The number of carbonyl (C=O) groups is 1. The van der Waals surface area contributed by atoms with Crippen molar-refractivity contribution >= 4 is 5.91 Å². The van der Waals surface area contributed by atoms with Gasteiger partial charge in [0.1, 0.15) is 5.82 Å². The lowest BCUT2D eigenvalue weighted by atomic mass is 10.2.